The molecule has 2 aromatic carbocycles. The lowest BCUT2D eigenvalue weighted by Gasteiger charge is -2.16. The molecule has 3 heterocycles. The zero-order valence-electron chi connectivity index (χ0n) is 17.1. The number of aromatic amines is 1. The van der Waals surface area contributed by atoms with Gasteiger partial charge in [0.25, 0.3) is 11.5 Å². The number of carbonyl (C=O) groups excluding carboxylic acids is 1. The van der Waals surface area contributed by atoms with Crippen LogP contribution in [0.5, 0.6) is 0 Å². The van der Waals surface area contributed by atoms with Crippen molar-refractivity contribution < 1.29 is 4.79 Å². The number of amides is 1. The zero-order valence-corrected chi connectivity index (χ0v) is 17.1. The van der Waals surface area contributed by atoms with E-state index in [0.29, 0.717) is 32.0 Å². The van der Waals surface area contributed by atoms with E-state index in [0.717, 1.165) is 27.7 Å². The molecular weight excluding hydrogens is 392 g/mol. The van der Waals surface area contributed by atoms with Crippen LogP contribution in [-0.4, -0.2) is 38.7 Å². The number of nitrogens with one attached hydrogen (secondary N) is 2. The largest absolute Gasteiger partial charge is 0.361 e. The first-order valence-electron chi connectivity index (χ1n) is 10.3. The average Bonchev–Trinajstić information content (AvgIpc) is 3.40. The van der Waals surface area contributed by atoms with Gasteiger partial charge in [-0.25, -0.2) is 0 Å². The van der Waals surface area contributed by atoms with Crippen LogP contribution in [0.1, 0.15) is 21.6 Å². The van der Waals surface area contributed by atoms with Crippen LogP contribution in [-0.2, 0) is 13.0 Å². The van der Waals surface area contributed by atoms with Crippen molar-refractivity contribution in [3.05, 3.63) is 81.9 Å². The fourth-order valence-electron chi connectivity index (χ4n) is 3.96. The third-order valence-electron chi connectivity index (χ3n) is 5.63. The summed E-state index contributed by atoms with van der Waals surface area (Å²) >= 11 is 0. The Morgan fingerprint density at radius 2 is 1.90 bits per heavy atom. The monoisotopic (exact) mass is 414 g/mol. The first-order chi connectivity index (χ1) is 15.1. The average molecular weight is 414 g/mol. The van der Waals surface area contributed by atoms with Gasteiger partial charge in [0, 0.05) is 42.4 Å². The summed E-state index contributed by atoms with van der Waals surface area (Å²) in [5.41, 5.74) is 3.69. The van der Waals surface area contributed by atoms with Gasteiger partial charge in [0.15, 0.2) is 0 Å². The number of nitrogens with zero attached hydrogens (tertiary/aromatic N) is 4. The van der Waals surface area contributed by atoms with Gasteiger partial charge in [-0.2, -0.15) is 0 Å². The Kier molecular flexibility index (Phi) is 4.74. The Bertz CT molecular complexity index is 1320. The highest BCUT2D eigenvalue weighted by molar-refractivity contribution is 5.92. The third-order valence-corrected chi connectivity index (χ3v) is 5.63. The number of aromatic nitrogens is 4. The van der Waals surface area contributed by atoms with Gasteiger partial charge in [0.1, 0.15) is 0 Å². The summed E-state index contributed by atoms with van der Waals surface area (Å²) in [6.07, 6.45) is 2.59. The van der Waals surface area contributed by atoms with Gasteiger partial charge in [0.05, 0.1) is 0 Å². The highest BCUT2D eigenvalue weighted by Crippen LogP contribution is 2.26. The third kappa shape index (κ3) is 3.46. The molecule has 8 heteroatoms. The Morgan fingerprint density at radius 1 is 1.10 bits per heavy atom. The molecule has 1 aliphatic rings. The molecule has 1 aliphatic heterocycles. The Labute approximate surface area is 178 Å². The van der Waals surface area contributed by atoms with Crippen molar-refractivity contribution in [3.8, 4) is 0 Å². The summed E-state index contributed by atoms with van der Waals surface area (Å²) in [5.74, 6) is -0.0365. The standard InChI is InChI=1S/C23H22N6O2/c1-15-6-8-17(9-7-15)28-12-13-29-22(31)20(26-27-23(28)29)21(30)24-11-10-16-14-25-19-5-3-2-4-18(16)19/h2-9,14,25H,10-13H2,1H3,(H,24,30). The van der Waals surface area contributed by atoms with Gasteiger partial charge in [-0.3, -0.25) is 14.2 Å². The van der Waals surface area contributed by atoms with Crippen LogP contribution in [0, 0.1) is 6.92 Å². The Hall–Kier alpha value is -3.94. The lowest BCUT2D eigenvalue weighted by molar-refractivity contribution is 0.0945. The van der Waals surface area contributed by atoms with Crippen LogP contribution >= 0.6 is 0 Å². The number of hydrogen-bond acceptors (Lipinski definition) is 5. The predicted molar refractivity (Wildman–Crippen MR) is 119 cm³/mol. The quantitative estimate of drug-likeness (QED) is 0.523. The van der Waals surface area contributed by atoms with Crippen molar-refractivity contribution in [2.45, 2.75) is 19.9 Å². The maximum Gasteiger partial charge on any atom is 0.286 e. The number of benzene rings is 2. The number of anilines is 2. The van der Waals surface area contributed by atoms with E-state index in [2.05, 4.69) is 20.5 Å². The van der Waals surface area contributed by atoms with Crippen LogP contribution in [0.2, 0.25) is 0 Å². The summed E-state index contributed by atoms with van der Waals surface area (Å²) in [6, 6.07) is 16.0. The van der Waals surface area contributed by atoms with Crippen molar-refractivity contribution in [1.82, 2.24) is 25.1 Å². The molecule has 31 heavy (non-hydrogen) atoms. The van der Waals surface area contributed by atoms with Crippen molar-refractivity contribution in [2.75, 3.05) is 18.0 Å². The van der Waals surface area contributed by atoms with Crippen LogP contribution in [0.4, 0.5) is 11.6 Å². The van der Waals surface area contributed by atoms with E-state index in [-0.39, 0.29) is 5.69 Å². The van der Waals surface area contributed by atoms with E-state index in [4.69, 9.17) is 0 Å². The zero-order chi connectivity index (χ0) is 21.4. The minimum absolute atomic E-state index is 0.173. The molecule has 0 atom stereocenters. The van der Waals surface area contributed by atoms with Gasteiger partial charge < -0.3 is 15.2 Å². The Balaban J connectivity index is 1.30. The van der Waals surface area contributed by atoms with Crippen molar-refractivity contribution in [3.63, 3.8) is 0 Å². The van der Waals surface area contributed by atoms with E-state index in [1.54, 1.807) is 0 Å². The van der Waals surface area contributed by atoms with Gasteiger partial charge in [-0.15, -0.1) is 10.2 Å². The smallest absolute Gasteiger partial charge is 0.286 e. The molecule has 156 valence electrons. The van der Waals surface area contributed by atoms with Crippen molar-refractivity contribution in [2.24, 2.45) is 0 Å². The summed E-state index contributed by atoms with van der Waals surface area (Å²) in [6.45, 7) is 3.50. The number of H-pyrrole nitrogens is 1. The molecule has 0 saturated heterocycles. The lowest BCUT2D eigenvalue weighted by atomic mass is 10.1. The number of aryl methyl sites for hydroxylation is 1. The van der Waals surface area contributed by atoms with Crippen LogP contribution in [0.3, 0.4) is 0 Å². The number of carbonyl (C=O) groups is 1. The maximum absolute atomic E-state index is 12.9. The number of rotatable bonds is 5. The maximum atomic E-state index is 12.9. The normalized spacial score (nSPS) is 12.9. The fourth-order valence-corrected chi connectivity index (χ4v) is 3.96. The molecule has 0 radical (unpaired) electrons. The predicted octanol–water partition coefficient (Wildman–Crippen LogP) is 2.55. The molecule has 0 unspecified atom stereocenters. The molecule has 8 nitrogen and oxygen atoms in total. The van der Waals surface area contributed by atoms with Crippen LogP contribution in [0.25, 0.3) is 10.9 Å². The molecule has 5 rings (SSSR count). The van der Waals surface area contributed by atoms with Gasteiger partial charge in [0.2, 0.25) is 11.6 Å². The lowest BCUT2D eigenvalue weighted by Crippen LogP contribution is -2.35. The second-order valence-corrected chi connectivity index (χ2v) is 7.66. The molecular formula is C23H22N6O2. The van der Waals surface area contributed by atoms with Gasteiger partial charge >= 0.3 is 0 Å². The van der Waals surface area contributed by atoms with Crippen molar-refractivity contribution >= 4 is 28.4 Å². The molecule has 0 spiro atoms. The molecule has 0 saturated carbocycles. The summed E-state index contributed by atoms with van der Waals surface area (Å²) in [7, 11) is 0. The van der Waals surface area contributed by atoms with Gasteiger partial charge in [-0.05, 0) is 37.1 Å². The van der Waals surface area contributed by atoms with Gasteiger partial charge in [-0.1, -0.05) is 35.9 Å². The fraction of sp³-hybridized carbons (Fsp3) is 0.217. The molecule has 2 N–H and O–H groups in total. The molecule has 0 fully saturated rings. The number of hydrogen-bond donors (Lipinski definition) is 2. The minimum Gasteiger partial charge on any atom is -0.361 e. The SMILES string of the molecule is Cc1ccc(N2CCn3c2nnc(C(=O)NCCc2c[nH]c4ccccc24)c3=O)cc1. The van der Waals surface area contributed by atoms with E-state index in [9.17, 15) is 9.59 Å². The second kappa shape index (κ2) is 7.71. The number of para-hydroxylation sites is 1. The highest BCUT2D eigenvalue weighted by Gasteiger charge is 2.27. The van der Waals surface area contributed by atoms with Crippen LogP contribution in [0.15, 0.2) is 59.5 Å². The second-order valence-electron chi connectivity index (χ2n) is 7.66. The van der Waals surface area contributed by atoms with E-state index >= 15 is 0 Å². The summed E-state index contributed by atoms with van der Waals surface area (Å²) in [4.78, 5) is 30.6. The first kappa shape index (κ1) is 19.0. The summed E-state index contributed by atoms with van der Waals surface area (Å²) < 4.78 is 1.52. The molecule has 2 aromatic heterocycles. The highest BCUT2D eigenvalue weighted by atomic mass is 16.2. The molecule has 1 amide bonds. The van der Waals surface area contributed by atoms with E-state index in [1.165, 1.54) is 4.57 Å². The number of fused-ring (bicyclic) bond motifs is 2. The molecule has 0 aliphatic carbocycles. The van der Waals surface area contributed by atoms with E-state index in [1.807, 2.05) is 66.6 Å². The van der Waals surface area contributed by atoms with Crippen molar-refractivity contribution in [1.29, 1.82) is 0 Å². The van der Waals surface area contributed by atoms with E-state index < -0.39 is 11.5 Å². The Morgan fingerprint density at radius 3 is 2.74 bits per heavy atom. The van der Waals surface area contributed by atoms with Crippen LogP contribution < -0.4 is 15.8 Å². The first-order valence-corrected chi connectivity index (χ1v) is 10.3. The minimum atomic E-state index is -0.499. The molecule has 0 bridgehead atoms. The molecule has 4 aromatic rings. The topological polar surface area (TPSA) is 95.9 Å². The summed E-state index contributed by atoms with van der Waals surface area (Å²) in [5, 5.41) is 12.1.